The Bertz CT molecular complexity index is 1060. The van der Waals surface area contributed by atoms with Crippen molar-refractivity contribution < 1.29 is 4.79 Å². The summed E-state index contributed by atoms with van der Waals surface area (Å²) in [5.74, 6) is 0.717. The van der Waals surface area contributed by atoms with E-state index in [0.29, 0.717) is 12.0 Å². The first-order valence-electron chi connectivity index (χ1n) is 12.4. The number of hydrogen-bond acceptors (Lipinski definition) is 4. The lowest BCUT2D eigenvalue weighted by molar-refractivity contribution is -0.136. The molecular weight excluding hydrogens is 422 g/mol. The molecule has 1 aliphatic heterocycles. The normalized spacial score (nSPS) is 16.6. The van der Waals surface area contributed by atoms with Gasteiger partial charge in [0.15, 0.2) is 0 Å². The molecule has 1 aliphatic rings. The van der Waals surface area contributed by atoms with Crippen LogP contribution in [0.3, 0.4) is 0 Å². The second kappa shape index (κ2) is 11.0. The molecule has 0 aliphatic carbocycles. The van der Waals surface area contributed by atoms with Crippen LogP contribution in [0.25, 0.3) is 0 Å². The monoisotopic (exact) mass is 459 g/mol. The molecule has 0 bridgehead atoms. The second-order valence-electron chi connectivity index (χ2n) is 9.74. The van der Waals surface area contributed by atoms with E-state index in [1.54, 1.807) is 0 Å². The van der Waals surface area contributed by atoms with Crippen molar-refractivity contribution >= 4 is 5.91 Å². The van der Waals surface area contributed by atoms with Crippen molar-refractivity contribution in [3.8, 4) is 0 Å². The topological polar surface area (TPSA) is 54.3 Å². The van der Waals surface area contributed by atoms with E-state index in [4.69, 9.17) is 0 Å². The van der Waals surface area contributed by atoms with Crippen molar-refractivity contribution in [1.29, 1.82) is 0 Å². The zero-order valence-corrected chi connectivity index (χ0v) is 20.9. The van der Waals surface area contributed by atoms with Crippen LogP contribution in [0.5, 0.6) is 0 Å². The first-order chi connectivity index (χ1) is 16.4. The first-order valence-corrected chi connectivity index (χ1v) is 12.4. The van der Waals surface area contributed by atoms with Crippen molar-refractivity contribution in [2.45, 2.75) is 58.7 Å². The fraction of sp³-hybridized carbons (Fsp3) is 0.464. The van der Waals surface area contributed by atoms with E-state index in [1.807, 2.05) is 48.8 Å². The van der Waals surface area contributed by atoms with Gasteiger partial charge in [0.05, 0.1) is 5.69 Å². The minimum Gasteiger partial charge on any atom is -0.341 e. The summed E-state index contributed by atoms with van der Waals surface area (Å²) >= 11 is 0. The van der Waals surface area contributed by atoms with Crippen molar-refractivity contribution in [1.82, 2.24) is 24.6 Å². The van der Waals surface area contributed by atoms with Crippen LogP contribution >= 0.6 is 0 Å². The molecule has 3 heterocycles. The maximum Gasteiger partial charge on any atom is 0.247 e. The summed E-state index contributed by atoms with van der Waals surface area (Å²) in [6, 6.07) is 17.1. The molecule has 1 fully saturated rings. The van der Waals surface area contributed by atoms with Gasteiger partial charge in [-0.15, -0.1) is 0 Å². The summed E-state index contributed by atoms with van der Waals surface area (Å²) in [6.07, 6.45) is 6.79. The van der Waals surface area contributed by atoms with E-state index in [-0.39, 0.29) is 11.9 Å². The Morgan fingerprint density at radius 1 is 1.06 bits per heavy atom. The molecule has 2 atom stereocenters. The van der Waals surface area contributed by atoms with Gasteiger partial charge in [0.1, 0.15) is 6.04 Å². The molecule has 0 N–H and O–H groups in total. The summed E-state index contributed by atoms with van der Waals surface area (Å²) in [4.78, 5) is 21.9. The quantitative estimate of drug-likeness (QED) is 0.500. The number of carbonyl (C=O) groups is 1. The number of likely N-dealkylation sites (tertiary alicyclic amines) is 1. The number of aromatic nitrogens is 3. The minimum absolute atomic E-state index is 0.175. The van der Waals surface area contributed by atoms with Crippen LogP contribution in [-0.4, -0.2) is 56.7 Å². The number of benzene rings is 1. The average Bonchev–Trinajstić information content (AvgIpc) is 3.20. The molecule has 1 aromatic carbocycles. The molecule has 6 nitrogen and oxygen atoms in total. The van der Waals surface area contributed by atoms with Gasteiger partial charge in [-0.05, 0) is 82.3 Å². The Morgan fingerprint density at radius 2 is 1.74 bits per heavy atom. The third kappa shape index (κ3) is 5.73. The average molecular weight is 460 g/mol. The molecule has 0 saturated carbocycles. The Labute approximate surface area is 203 Å². The van der Waals surface area contributed by atoms with Gasteiger partial charge >= 0.3 is 0 Å². The number of likely N-dealkylation sites (N-methyl/N-ethyl adjacent to an activating group) is 1. The molecule has 1 amide bonds. The molecule has 34 heavy (non-hydrogen) atoms. The number of pyridine rings is 1. The molecule has 1 saturated heterocycles. The highest BCUT2D eigenvalue weighted by Gasteiger charge is 2.33. The number of amides is 1. The van der Waals surface area contributed by atoms with E-state index in [1.165, 1.54) is 11.1 Å². The standard InChI is InChI=1S/C28H37N5O/c1-21-18-22(2)33(30-21)23(3)28(34)32-16-12-26(13-17-32)27(19-24-8-6-5-7-9-24)31(4)20-25-10-14-29-15-11-25/h5-11,14-15,18,23,26-27H,12-13,16-17,19-20H2,1-4H3. The summed E-state index contributed by atoms with van der Waals surface area (Å²) in [6.45, 7) is 8.47. The zero-order valence-electron chi connectivity index (χ0n) is 20.9. The fourth-order valence-electron chi connectivity index (χ4n) is 5.34. The number of piperidine rings is 1. The lowest BCUT2D eigenvalue weighted by Crippen LogP contribution is -2.47. The largest absolute Gasteiger partial charge is 0.341 e. The van der Waals surface area contributed by atoms with Crippen LogP contribution in [0.1, 0.15) is 48.3 Å². The van der Waals surface area contributed by atoms with Crippen molar-refractivity contribution in [3.63, 3.8) is 0 Å². The highest BCUT2D eigenvalue weighted by molar-refractivity contribution is 5.80. The van der Waals surface area contributed by atoms with E-state index in [9.17, 15) is 4.79 Å². The maximum absolute atomic E-state index is 13.3. The molecule has 6 heteroatoms. The predicted molar refractivity (Wildman–Crippen MR) is 135 cm³/mol. The van der Waals surface area contributed by atoms with Gasteiger partial charge in [0.2, 0.25) is 5.91 Å². The number of nitrogens with zero attached hydrogens (tertiary/aromatic N) is 5. The lowest BCUT2D eigenvalue weighted by atomic mass is 9.84. The molecule has 180 valence electrons. The van der Waals surface area contributed by atoms with Gasteiger partial charge in [-0.3, -0.25) is 19.4 Å². The molecule has 2 unspecified atom stereocenters. The third-order valence-corrected chi connectivity index (χ3v) is 7.20. The van der Waals surface area contributed by atoms with Crippen LogP contribution in [0.4, 0.5) is 0 Å². The third-order valence-electron chi connectivity index (χ3n) is 7.20. The van der Waals surface area contributed by atoms with Crippen LogP contribution in [-0.2, 0) is 17.8 Å². The van der Waals surface area contributed by atoms with Crippen molar-refractivity contribution in [3.05, 3.63) is 83.4 Å². The summed E-state index contributed by atoms with van der Waals surface area (Å²) in [5.41, 5.74) is 4.64. The maximum atomic E-state index is 13.3. The van der Waals surface area contributed by atoms with E-state index >= 15 is 0 Å². The second-order valence-corrected chi connectivity index (χ2v) is 9.74. The molecule has 4 rings (SSSR count). The van der Waals surface area contributed by atoms with Crippen molar-refractivity contribution in [2.24, 2.45) is 5.92 Å². The highest BCUT2D eigenvalue weighted by atomic mass is 16.2. The number of hydrogen-bond donors (Lipinski definition) is 0. The SMILES string of the molecule is Cc1cc(C)n(C(C)C(=O)N2CCC(C(Cc3ccccc3)N(C)Cc3ccncc3)CC2)n1. The van der Waals surface area contributed by atoms with Gasteiger partial charge in [-0.2, -0.15) is 5.10 Å². The van der Waals surface area contributed by atoms with Gasteiger partial charge in [-0.25, -0.2) is 0 Å². The van der Waals surface area contributed by atoms with E-state index < -0.39 is 0 Å². The Balaban J connectivity index is 1.43. The number of carbonyl (C=O) groups excluding carboxylic acids is 1. The minimum atomic E-state index is -0.264. The smallest absolute Gasteiger partial charge is 0.247 e. The zero-order chi connectivity index (χ0) is 24.1. The Morgan fingerprint density at radius 3 is 2.35 bits per heavy atom. The number of aryl methyl sites for hydroxylation is 2. The Kier molecular flexibility index (Phi) is 7.78. The van der Waals surface area contributed by atoms with Gasteiger partial charge in [-0.1, -0.05) is 30.3 Å². The van der Waals surface area contributed by atoms with Crippen LogP contribution < -0.4 is 0 Å². The lowest BCUT2D eigenvalue weighted by Gasteiger charge is -2.41. The van der Waals surface area contributed by atoms with Crippen LogP contribution in [0.15, 0.2) is 60.9 Å². The van der Waals surface area contributed by atoms with Gasteiger partial charge in [0.25, 0.3) is 0 Å². The summed E-state index contributed by atoms with van der Waals surface area (Å²) in [5, 5.41) is 4.54. The molecule has 2 aromatic heterocycles. The highest BCUT2D eigenvalue weighted by Crippen LogP contribution is 2.28. The Hall–Kier alpha value is -2.99. The first kappa shape index (κ1) is 24.1. The number of rotatable bonds is 8. The van der Waals surface area contributed by atoms with E-state index in [2.05, 4.69) is 64.5 Å². The molecule has 0 spiro atoms. The molecular formula is C28H37N5O. The molecule has 3 aromatic rings. The van der Waals surface area contributed by atoms with Gasteiger partial charge in [0, 0.05) is 43.8 Å². The fourth-order valence-corrected chi connectivity index (χ4v) is 5.34. The van der Waals surface area contributed by atoms with E-state index in [0.717, 1.165) is 50.3 Å². The predicted octanol–water partition coefficient (Wildman–Crippen LogP) is 4.44. The summed E-state index contributed by atoms with van der Waals surface area (Å²) in [7, 11) is 2.23. The van der Waals surface area contributed by atoms with Gasteiger partial charge < -0.3 is 4.90 Å². The molecule has 0 radical (unpaired) electrons. The summed E-state index contributed by atoms with van der Waals surface area (Å²) < 4.78 is 1.87. The van der Waals surface area contributed by atoms with Crippen molar-refractivity contribution in [2.75, 3.05) is 20.1 Å². The van der Waals surface area contributed by atoms with Crippen LogP contribution in [0, 0.1) is 19.8 Å². The van der Waals surface area contributed by atoms with Crippen LogP contribution in [0.2, 0.25) is 0 Å².